The number of aromatic nitrogens is 1. The lowest BCUT2D eigenvalue weighted by atomic mass is 9.97. The number of hydrogen-bond donors (Lipinski definition) is 3. The van der Waals surface area contributed by atoms with Crippen LogP contribution in [0.3, 0.4) is 0 Å². The lowest BCUT2D eigenvalue weighted by Crippen LogP contribution is -2.37. The Kier molecular flexibility index (Phi) is 11.2. The minimum atomic E-state index is -5.08. The van der Waals surface area contributed by atoms with Crippen molar-refractivity contribution in [3.8, 4) is 5.75 Å². The van der Waals surface area contributed by atoms with Crippen molar-refractivity contribution < 1.29 is 55.8 Å². The maximum atomic E-state index is 13.2. The van der Waals surface area contributed by atoms with Crippen LogP contribution in [0.1, 0.15) is 32.0 Å². The molecule has 250 valence electrons. The van der Waals surface area contributed by atoms with Crippen LogP contribution < -0.4 is 10.2 Å². The normalized spacial score (nSPS) is 16.7. The number of carbonyl (C=O) groups is 3. The molecule has 2 aromatic carbocycles. The standard InChI is InChI=1S/C28H33N3O7S.C2HF3O2/c1-18-13-19(23-7-5-6-8-25(23)29-18)16-37-21-9-11-22(12-10-21)39(35,36)17-20-14-31(15-24(20)26(32)30-34)27(33)38-28(2,3)4;3-2(4,5)1(6)7/h5-13,20,24,34H,14-17H2,1-4H3,(H,30,32);(H,6,7)/t20-,24-;/m0./s1. The Morgan fingerprint density at radius 2 is 1.65 bits per heavy atom. The first-order valence-corrected chi connectivity index (χ1v) is 15.5. The molecule has 1 aliphatic rings. The number of nitrogens with zero attached hydrogens (tertiary/aromatic N) is 2. The van der Waals surface area contributed by atoms with Gasteiger partial charge < -0.3 is 19.5 Å². The number of halogens is 3. The Morgan fingerprint density at radius 1 is 1.04 bits per heavy atom. The lowest BCUT2D eigenvalue weighted by molar-refractivity contribution is -0.192. The molecule has 3 N–H and O–H groups in total. The van der Waals surface area contributed by atoms with E-state index >= 15 is 0 Å². The molecule has 4 rings (SSSR count). The molecular weight excluding hydrogens is 635 g/mol. The number of hydrogen-bond acceptors (Lipinski definition) is 9. The lowest BCUT2D eigenvalue weighted by Gasteiger charge is -2.24. The van der Waals surface area contributed by atoms with Crippen molar-refractivity contribution in [3.05, 3.63) is 65.9 Å². The highest BCUT2D eigenvalue weighted by Crippen LogP contribution is 2.30. The largest absolute Gasteiger partial charge is 0.490 e. The molecule has 16 heteroatoms. The average molecular weight is 670 g/mol. The molecule has 12 nitrogen and oxygen atoms in total. The van der Waals surface area contributed by atoms with Gasteiger partial charge in [-0.3, -0.25) is 15.0 Å². The minimum Gasteiger partial charge on any atom is -0.489 e. The molecular formula is C30H34F3N3O9S. The number of alkyl halides is 3. The monoisotopic (exact) mass is 669 g/mol. The molecule has 1 saturated heterocycles. The summed E-state index contributed by atoms with van der Waals surface area (Å²) in [5, 5.41) is 17.3. The van der Waals surface area contributed by atoms with Gasteiger partial charge in [-0.05, 0) is 64.1 Å². The zero-order valence-electron chi connectivity index (χ0n) is 25.4. The Morgan fingerprint density at radius 3 is 2.22 bits per heavy atom. The fourth-order valence-electron chi connectivity index (χ4n) is 4.69. The summed E-state index contributed by atoms with van der Waals surface area (Å²) >= 11 is 0. The van der Waals surface area contributed by atoms with Crippen molar-refractivity contribution in [2.24, 2.45) is 11.8 Å². The van der Waals surface area contributed by atoms with Crippen LogP contribution in [0.15, 0.2) is 59.5 Å². The third kappa shape index (κ3) is 9.78. The average Bonchev–Trinajstić information content (AvgIpc) is 3.38. The SMILES string of the molecule is Cc1cc(COc2ccc(S(=O)(=O)C[C@@H]3CN(C(=O)OC(C)(C)C)C[C@@H]3C(=O)NO)cc2)c2ccccc2n1.O=C(O)C(F)(F)F. The molecule has 1 aromatic heterocycles. The molecule has 0 saturated carbocycles. The van der Waals surface area contributed by atoms with E-state index in [9.17, 15) is 36.4 Å². The second kappa shape index (κ2) is 14.3. The number of carboxylic acids is 1. The van der Waals surface area contributed by atoms with Crippen LogP contribution in [0.4, 0.5) is 18.0 Å². The summed E-state index contributed by atoms with van der Waals surface area (Å²) < 4.78 is 69.5. The molecule has 2 amide bonds. The van der Waals surface area contributed by atoms with Crippen molar-refractivity contribution in [1.82, 2.24) is 15.4 Å². The highest BCUT2D eigenvalue weighted by Gasteiger charge is 2.43. The van der Waals surface area contributed by atoms with Gasteiger partial charge in [-0.2, -0.15) is 13.2 Å². The molecule has 2 heterocycles. The number of carbonyl (C=O) groups excluding carboxylic acids is 2. The first-order valence-electron chi connectivity index (χ1n) is 13.8. The third-order valence-corrected chi connectivity index (χ3v) is 8.58. The number of para-hydroxylation sites is 1. The van der Waals surface area contributed by atoms with Crippen LogP contribution in [0.5, 0.6) is 5.75 Å². The van der Waals surface area contributed by atoms with E-state index in [4.69, 9.17) is 19.4 Å². The summed E-state index contributed by atoms with van der Waals surface area (Å²) in [6.07, 6.45) is -5.73. The highest BCUT2D eigenvalue weighted by molar-refractivity contribution is 7.91. The number of hydroxylamine groups is 1. The van der Waals surface area contributed by atoms with Crippen LogP contribution in [-0.2, 0) is 30.8 Å². The third-order valence-electron chi connectivity index (χ3n) is 6.72. The topological polar surface area (TPSA) is 172 Å². The number of likely N-dealkylation sites (tertiary alicyclic amines) is 1. The van der Waals surface area contributed by atoms with Gasteiger partial charge in [0.25, 0.3) is 0 Å². The zero-order chi connectivity index (χ0) is 34.4. The molecule has 0 radical (unpaired) electrons. The first kappa shape index (κ1) is 36.0. The number of amides is 2. The maximum Gasteiger partial charge on any atom is 0.490 e. The smallest absolute Gasteiger partial charge is 0.489 e. The molecule has 1 aliphatic heterocycles. The number of fused-ring (bicyclic) bond motifs is 1. The van der Waals surface area contributed by atoms with E-state index in [0.29, 0.717) is 5.75 Å². The van der Waals surface area contributed by atoms with Crippen molar-refractivity contribution in [2.45, 2.75) is 51.0 Å². The van der Waals surface area contributed by atoms with Gasteiger partial charge in [0.05, 0.1) is 22.1 Å². The van der Waals surface area contributed by atoms with E-state index < -0.39 is 51.4 Å². The fraction of sp³-hybridized carbons (Fsp3) is 0.400. The Labute approximate surface area is 263 Å². The van der Waals surface area contributed by atoms with Crippen LogP contribution in [-0.4, -0.2) is 77.2 Å². The van der Waals surface area contributed by atoms with Crippen molar-refractivity contribution in [3.63, 3.8) is 0 Å². The Balaban J connectivity index is 0.000000738. The molecule has 0 unspecified atom stereocenters. The van der Waals surface area contributed by atoms with Gasteiger partial charge in [0.1, 0.15) is 18.0 Å². The molecule has 2 atom stereocenters. The van der Waals surface area contributed by atoms with Crippen LogP contribution in [0.25, 0.3) is 10.9 Å². The molecule has 0 aliphatic carbocycles. The van der Waals surface area contributed by atoms with E-state index in [0.717, 1.165) is 22.2 Å². The van der Waals surface area contributed by atoms with Gasteiger partial charge >= 0.3 is 18.2 Å². The van der Waals surface area contributed by atoms with E-state index in [-0.39, 0.29) is 30.3 Å². The van der Waals surface area contributed by atoms with Crippen molar-refractivity contribution in [2.75, 3.05) is 18.8 Å². The van der Waals surface area contributed by atoms with Crippen LogP contribution in [0, 0.1) is 18.8 Å². The minimum absolute atomic E-state index is 0.00668. The second-order valence-corrected chi connectivity index (χ2v) is 13.5. The highest BCUT2D eigenvalue weighted by atomic mass is 32.2. The number of pyridine rings is 1. The number of aryl methyl sites for hydroxylation is 1. The quantitative estimate of drug-likeness (QED) is 0.240. The second-order valence-electron chi connectivity index (χ2n) is 11.5. The van der Waals surface area contributed by atoms with Gasteiger partial charge in [0.2, 0.25) is 5.91 Å². The molecule has 3 aromatic rings. The number of aliphatic carboxylic acids is 1. The van der Waals surface area contributed by atoms with Gasteiger partial charge in [-0.1, -0.05) is 18.2 Å². The van der Waals surface area contributed by atoms with Gasteiger partial charge in [0, 0.05) is 35.7 Å². The first-order chi connectivity index (χ1) is 21.3. The van der Waals surface area contributed by atoms with Gasteiger partial charge in [-0.25, -0.2) is 23.5 Å². The van der Waals surface area contributed by atoms with Crippen molar-refractivity contribution in [1.29, 1.82) is 0 Å². The van der Waals surface area contributed by atoms with Crippen molar-refractivity contribution >= 4 is 38.7 Å². The number of nitrogens with one attached hydrogen (secondary N) is 1. The summed E-state index contributed by atoms with van der Waals surface area (Å²) in [6, 6.07) is 15.8. The number of sulfone groups is 1. The van der Waals surface area contributed by atoms with E-state index in [1.54, 1.807) is 38.4 Å². The summed E-state index contributed by atoms with van der Waals surface area (Å²) in [4.78, 5) is 39.6. The summed E-state index contributed by atoms with van der Waals surface area (Å²) in [6.45, 7) is 7.31. The van der Waals surface area contributed by atoms with Gasteiger partial charge in [0.15, 0.2) is 9.84 Å². The number of benzene rings is 2. The summed E-state index contributed by atoms with van der Waals surface area (Å²) in [5.74, 6) is -5.02. The Bertz CT molecular complexity index is 1670. The predicted octanol–water partition coefficient (Wildman–Crippen LogP) is 4.52. The molecule has 46 heavy (non-hydrogen) atoms. The summed E-state index contributed by atoms with van der Waals surface area (Å²) in [7, 11) is -3.83. The number of rotatable bonds is 7. The summed E-state index contributed by atoms with van der Waals surface area (Å²) in [5.41, 5.74) is 3.56. The van der Waals surface area contributed by atoms with Crippen LogP contribution >= 0.6 is 0 Å². The predicted molar refractivity (Wildman–Crippen MR) is 158 cm³/mol. The fourth-order valence-corrected chi connectivity index (χ4v) is 6.34. The number of ether oxygens (including phenoxy) is 2. The van der Waals surface area contributed by atoms with E-state index in [2.05, 4.69) is 4.98 Å². The van der Waals surface area contributed by atoms with E-state index in [1.807, 2.05) is 37.3 Å². The van der Waals surface area contributed by atoms with Crippen LogP contribution in [0.2, 0.25) is 0 Å². The van der Waals surface area contributed by atoms with E-state index in [1.165, 1.54) is 17.0 Å². The Hall–Kier alpha value is -4.44. The maximum absolute atomic E-state index is 13.2. The number of carboxylic acid groups (broad SMARTS) is 1. The molecule has 0 bridgehead atoms. The molecule has 0 spiro atoms. The molecule has 1 fully saturated rings. The van der Waals surface area contributed by atoms with Gasteiger partial charge in [-0.15, -0.1) is 0 Å². The zero-order valence-corrected chi connectivity index (χ0v) is 26.2.